The summed E-state index contributed by atoms with van der Waals surface area (Å²) in [4.78, 5) is 23.4. The van der Waals surface area contributed by atoms with Crippen molar-refractivity contribution in [2.45, 2.75) is 122 Å². The molecule has 0 heterocycles. The van der Waals surface area contributed by atoms with Crippen LogP contribution < -0.4 is 4.74 Å². The molecule has 1 unspecified atom stereocenters. The third kappa shape index (κ3) is 6.55. The van der Waals surface area contributed by atoms with Gasteiger partial charge in [0.25, 0.3) is 5.92 Å². The summed E-state index contributed by atoms with van der Waals surface area (Å²) in [6.07, 6.45) is -4.64. The molecule has 270 valence electrons. The summed E-state index contributed by atoms with van der Waals surface area (Å²) in [7, 11) is 1.25. The van der Waals surface area contributed by atoms with Crippen molar-refractivity contribution in [2.75, 3.05) is 7.11 Å². The van der Waals surface area contributed by atoms with Crippen molar-refractivity contribution in [3.8, 4) is 5.75 Å². The lowest BCUT2D eigenvalue weighted by molar-refractivity contribution is -0.260. The second-order valence-corrected chi connectivity index (χ2v) is 15.4. The largest absolute Gasteiger partial charge is 0.496 e. The summed E-state index contributed by atoms with van der Waals surface area (Å²) in [5.74, 6) is -8.75. The predicted molar refractivity (Wildman–Crippen MR) is 163 cm³/mol. The van der Waals surface area contributed by atoms with Crippen molar-refractivity contribution in [3.05, 3.63) is 29.6 Å². The molecule has 0 bridgehead atoms. The number of aliphatic hydroxyl groups excluding tert-OH is 1. The average Bonchev–Trinajstić information content (AvgIpc) is 3.35. The summed E-state index contributed by atoms with van der Waals surface area (Å²) < 4.78 is 102. The van der Waals surface area contributed by atoms with E-state index in [2.05, 4.69) is 6.92 Å². The van der Waals surface area contributed by atoms with Gasteiger partial charge in [0.05, 0.1) is 18.8 Å². The van der Waals surface area contributed by atoms with Crippen LogP contribution in [0, 0.1) is 52.2 Å². The number of hydrogen-bond donors (Lipinski definition) is 1. The van der Waals surface area contributed by atoms with Crippen LogP contribution in [0.4, 0.5) is 26.3 Å². The average molecular weight is 691 g/mol. The van der Waals surface area contributed by atoms with Gasteiger partial charge in [0.1, 0.15) is 23.8 Å². The second kappa shape index (κ2) is 13.3. The molecule has 0 aromatic heterocycles. The molecule has 1 aromatic rings. The minimum Gasteiger partial charge on any atom is -0.496 e. The quantitative estimate of drug-likeness (QED) is 0.207. The van der Waals surface area contributed by atoms with Gasteiger partial charge in [0, 0.05) is 19.3 Å². The Hall–Kier alpha value is -2.50. The first-order valence-corrected chi connectivity index (χ1v) is 17.2. The van der Waals surface area contributed by atoms with Crippen LogP contribution in [0.1, 0.15) is 104 Å². The van der Waals surface area contributed by atoms with E-state index in [9.17, 15) is 32.3 Å². The molecule has 5 rings (SSSR count). The molecule has 1 aromatic carbocycles. The van der Waals surface area contributed by atoms with Crippen LogP contribution in [0.2, 0.25) is 0 Å². The van der Waals surface area contributed by atoms with Crippen LogP contribution in [0.25, 0.3) is 0 Å². The van der Waals surface area contributed by atoms with E-state index in [4.69, 9.17) is 14.2 Å². The number of methoxy groups -OCH3 is 1. The zero-order chi connectivity index (χ0) is 35.4. The molecule has 0 saturated heterocycles. The lowest BCUT2D eigenvalue weighted by Gasteiger charge is -2.63. The van der Waals surface area contributed by atoms with Gasteiger partial charge in [0.2, 0.25) is 0 Å². The van der Waals surface area contributed by atoms with Gasteiger partial charge in [-0.2, -0.15) is 13.2 Å². The van der Waals surface area contributed by atoms with E-state index in [0.29, 0.717) is 38.5 Å². The van der Waals surface area contributed by atoms with Crippen LogP contribution in [0.3, 0.4) is 0 Å². The Kier molecular flexibility index (Phi) is 10.2. The number of carbonyl (C=O) groups excluding carboxylic acids is 2. The van der Waals surface area contributed by atoms with E-state index in [1.165, 1.54) is 26.2 Å². The molecule has 4 aliphatic rings. The van der Waals surface area contributed by atoms with E-state index >= 15 is 8.78 Å². The first kappa shape index (κ1) is 36.8. The van der Waals surface area contributed by atoms with Gasteiger partial charge in [0.15, 0.2) is 0 Å². The van der Waals surface area contributed by atoms with Crippen molar-refractivity contribution in [3.63, 3.8) is 0 Å². The first-order chi connectivity index (χ1) is 22.3. The van der Waals surface area contributed by atoms with Crippen LogP contribution in [-0.4, -0.2) is 48.5 Å². The summed E-state index contributed by atoms with van der Waals surface area (Å²) in [5, 5.41) is 11.2. The molecule has 48 heavy (non-hydrogen) atoms. The lowest BCUT2D eigenvalue weighted by atomic mass is 9.43. The molecular weight excluding hydrogens is 642 g/mol. The molecule has 0 radical (unpaired) electrons. The number of fused-ring (bicyclic) bond motifs is 5. The van der Waals surface area contributed by atoms with E-state index in [1.54, 1.807) is 0 Å². The van der Waals surface area contributed by atoms with E-state index in [1.807, 2.05) is 13.8 Å². The van der Waals surface area contributed by atoms with E-state index in [-0.39, 0.29) is 46.8 Å². The number of carbonyl (C=O) groups is 2. The molecule has 4 fully saturated rings. The molecule has 0 spiro atoms. The Morgan fingerprint density at radius 1 is 1.00 bits per heavy atom. The molecule has 4 aliphatic carbocycles. The topological polar surface area (TPSA) is 82.1 Å². The lowest BCUT2D eigenvalue weighted by Crippen LogP contribution is -2.64. The molecular formula is C36H48F6O6. The summed E-state index contributed by atoms with van der Waals surface area (Å²) in [5.41, 5.74) is -1.14. The smallest absolute Gasteiger partial charge is 0.490 e. The number of aliphatic hydroxyl groups is 1. The SMILES string of the molecule is COc1cccc(F)c1C(CCC[C@@H](C)[C@H]1CC[C@H]2[C@H]3[C@H](CC[C@]12C)[C@@]1(C)CC[C@H](OC(C)=O)[C@H](O)[C@@H]1CC3(F)F)OC(=O)C(F)(F)F. The minimum absolute atomic E-state index is 0.0253. The van der Waals surface area contributed by atoms with Crippen molar-refractivity contribution < 1.29 is 55.2 Å². The van der Waals surface area contributed by atoms with Gasteiger partial charge in [-0.25, -0.2) is 18.0 Å². The molecule has 0 amide bonds. The highest BCUT2D eigenvalue weighted by Gasteiger charge is 2.69. The zero-order valence-electron chi connectivity index (χ0n) is 28.3. The standard InChI is InChI=1S/C36H48F6O6/c1-19(8-6-11-27(48-32(45)36(40,41)42)29-25(37)9-7-10-26(29)46-5)21-12-13-22-30-23(14-16-33(21,22)3)34(4)17-15-28(47-20(2)43)31(44)24(34)18-35(30,38)39/h7,9-10,19,21-24,27-28,30-31,44H,6,8,11-18H2,1-5H3/t19-,21-,22+,23+,24+,27?,28+,30+,31-,33-,34-/m1/s1. The molecule has 11 atom stereocenters. The third-order valence-electron chi connectivity index (χ3n) is 12.9. The number of alkyl halides is 5. The van der Waals surface area contributed by atoms with Crippen LogP contribution in [0.15, 0.2) is 18.2 Å². The van der Waals surface area contributed by atoms with Gasteiger partial charge in [-0.05, 0) is 104 Å². The van der Waals surface area contributed by atoms with Crippen molar-refractivity contribution in [1.29, 1.82) is 0 Å². The molecule has 12 heteroatoms. The Labute approximate surface area is 278 Å². The van der Waals surface area contributed by atoms with Crippen molar-refractivity contribution >= 4 is 11.9 Å². The fourth-order valence-electron chi connectivity index (χ4n) is 10.8. The zero-order valence-corrected chi connectivity index (χ0v) is 28.3. The minimum atomic E-state index is -5.26. The van der Waals surface area contributed by atoms with Gasteiger partial charge >= 0.3 is 18.1 Å². The number of ether oxygens (including phenoxy) is 3. The molecule has 6 nitrogen and oxygen atoms in total. The summed E-state index contributed by atoms with van der Waals surface area (Å²) >= 11 is 0. The Bertz CT molecular complexity index is 1350. The van der Waals surface area contributed by atoms with Crippen LogP contribution in [-0.2, 0) is 19.1 Å². The highest BCUT2D eigenvalue weighted by Crippen LogP contribution is 2.71. The fourth-order valence-corrected chi connectivity index (χ4v) is 10.8. The van der Waals surface area contributed by atoms with Gasteiger partial charge in [-0.3, -0.25) is 4.79 Å². The van der Waals surface area contributed by atoms with E-state index < -0.39 is 71.8 Å². The monoisotopic (exact) mass is 690 g/mol. The Morgan fingerprint density at radius 2 is 1.67 bits per heavy atom. The molecule has 4 saturated carbocycles. The van der Waals surface area contributed by atoms with Crippen LogP contribution in [0.5, 0.6) is 5.75 Å². The first-order valence-electron chi connectivity index (χ1n) is 17.2. The Balaban J connectivity index is 1.30. The number of halogens is 6. The maximum absolute atomic E-state index is 16.3. The number of esters is 2. The fraction of sp³-hybridized carbons (Fsp3) is 0.778. The summed E-state index contributed by atoms with van der Waals surface area (Å²) in [6.45, 7) is 7.43. The van der Waals surface area contributed by atoms with Crippen molar-refractivity contribution in [2.24, 2.45) is 46.3 Å². The molecule has 1 N–H and O–H groups in total. The normalized spacial score (nSPS) is 37.0. The van der Waals surface area contributed by atoms with Crippen molar-refractivity contribution in [1.82, 2.24) is 0 Å². The third-order valence-corrected chi connectivity index (χ3v) is 12.9. The number of rotatable bonds is 9. The summed E-state index contributed by atoms with van der Waals surface area (Å²) in [6, 6.07) is 3.81. The van der Waals surface area contributed by atoms with Crippen LogP contribution >= 0.6 is 0 Å². The Morgan fingerprint density at radius 3 is 2.31 bits per heavy atom. The number of hydrogen-bond acceptors (Lipinski definition) is 6. The highest BCUT2D eigenvalue weighted by molar-refractivity contribution is 5.76. The van der Waals surface area contributed by atoms with Gasteiger partial charge < -0.3 is 19.3 Å². The maximum Gasteiger partial charge on any atom is 0.490 e. The maximum atomic E-state index is 16.3. The molecule has 0 aliphatic heterocycles. The number of benzene rings is 1. The highest BCUT2D eigenvalue weighted by atomic mass is 19.4. The second-order valence-electron chi connectivity index (χ2n) is 15.4. The van der Waals surface area contributed by atoms with E-state index in [0.717, 1.165) is 18.9 Å². The predicted octanol–water partition coefficient (Wildman–Crippen LogP) is 8.59. The van der Waals surface area contributed by atoms with Gasteiger partial charge in [-0.15, -0.1) is 0 Å². The van der Waals surface area contributed by atoms with Gasteiger partial charge in [-0.1, -0.05) is 33.3 Å².